The van der Waals surface area contributed by atoms with E-state index in [0.717, 1.165) is 19.1 Å². The smallest absolute Gasteiger partial charge is 0.0684 e. The zero-order valence-electron chi connectivity index (χ0n) is 11.0. The van der Waals surface area contributed by atoms with Crippen LogP contribution < -0.4 is 5.32 Å². The monoisotopic (exact) mass is 289 g/mol. The summed E-state index contributed by atoms with van der Waals surface area (Å²) < 4.78 is 11.2. The van der Waals surface area contributed by atoms with E-state index in [9.17, 15) is 0 Å². The number of ether oxygens (including phenoxy) is 2. The Hall–Kier alpha value is 0.580. The van der Waals surface area contributed by atoms with Crippen molar-refractivity contribution >= 4 is 23.5 Å². The van der Waals surface area contributed by atoms with Crippen LogP contribution in [0.3, 0.4) is 0 Å². The molecule has 2 aliphatic heterocycles. The van der Waals surface area contributed by atoms with Gasteiger partial charge in [0, 0.05) is 60.6 Å². The van der Waals surface area contributed by atoms with Gasteiger partial charge in [0.05, 0.1) is 12.7 Å². The van der Waals surface area contributed by atoms with Gasteiger partial charge in [-0.1, -0.05) is 0 Å². The van der Waals surface area contributed by atoms with E-state index in [1.165, 1.54) is 29.4 Å². The molecule has 0 aromatic rings. The van der Waals surface area contributed by atoms with Gasteiger partial charge in [-0.15, -0.1) is 0 Å². The molecule has 104 valence electrons. The molecule has 0 unspecified atom stereocenters. The summed E-state index contributed by atoms with van der Waals surface area (Å²) in [5.74, 6) is 6.46. The fourth-order valence-corrected chi connectivity index (χ4v) is 5.88. The maximum absolute atomic E-state index is 5.83. The highest BCUT2D eigenvalue weighted by atomic mass is 32.2. The molecular weight excluding hydrogens is 266 g/mol. The van der Waals surface area contributed by atoms with Gasteiger partial charge in [-0.3, -0.25) is 0 Å². The van der Waals surface area contributed by atoms with E-state index in [-0.39, 0.29) is 0 Å². The second-order valence-corrected chi connectivity index (χ2v) is 7.75. The molecule has 4 atom stereocenters. The fraction of sp³-hybridized carbons (Fsp3) is 1.00. The molecule has 1 aliphatic carbocycles. The molecule has 0 radical (unpaired) electrons. The Morgan fingerprint density at radius 1 is 1.28 bits per heavy atom. The summed E-state index contributed by atoms with van der Waals surface area (Å²) in [6, 6.07) is 1.30. The molecule has 3 rings (SSSR count). The van der Waals surface area contributed by atoms with Crippen LogP contribution >= 0.6 is 23.5 Å². The highest BCUT2D eigenvalue weighted by Gasteiger charge is 2.53. The molecule has 2 saturated heterocycles. The van der Waals surface area contributed by atoms with Gasteiger partial charge in [-0.2, -0.15) is 23.5 Å². The lowest BCUT2D eigenvalue weighted by Crippen LogP contribution is -2.64. The van der Waals surface area contributed by atoms with Crippen molar-refractivity contribution < 1.29 is 9.47 Å². The first kappa shape index (κ1) is 13.6. The number of thioether (sulfide) groups is 2. The fourth-order valence-electron chi connectivity index (χ4n) is 3.45. The lowest BCUT2D eigenvalue weighted by Gasteiger charge is -2.49. The molecule has 0 amide bonds. The van der Waals surface area contributed by atoms with Crippen molar-refractivity contribution in [2.75, 3.05) is 43.3 Å². The van der Waals surface area contributed by atoms with Gasteiger partial charge >= 0.3 is 0 Å². The first-order chi connectivity index (χ1) is 8.90. The summed E-state index contributed by atoms with van der Waals surface area (Å²) in [5, 5.41) is 3.90. The topological polar surface area (TPSA) is 30.5 Å². The average Bonchev–Trinajstić information content (AvgIpc) is 2.62. The predicted molar refractivity (Wildman–Crippen MR) is 78.6 cm³/mol. The Balaban J connectivity index is 1.56. The molecule has 3 nitrogen and oxygen atoms in total. The number of rotatable bonds is 4. The van der Waals surface area contributed by atoms with Crippen molar-refractivity contribution in [2.24, 2.45) is 11.8 Å². The van der Waals surface area contributed by atoms with E-state index in [2.05, 4.69) is 28.8 Å². The number of methoxy groups -OCH3 is 1. The molecule has 2 heterocycles. The van der Waals surface area contributed by atoms with Crippen LogP contribution in [0.25, 0.3) is 0 Å². The molecule has 3 fully saturated rings. The van der Waals surface area contributed by atoms with E-state index in [0.29, 0.717) is 24.1 Å². The van der Waals surface area contributed by atoms with Crippen LogP contribution in [0.2, 0.25) is 0 Å². The molecule has 0 spiro atoms. The van der Waals surface area contributed by atoms with E-state index in [1.54, 1.807) is 7.11 Å². The van der Waals surface area contributed by atoms with E-state index in [4.69, 9.17) is 9.47 Å². The molecule has 0 aromatic heterocycles. The normalized spacial score (nSPS) is 41.2. The minimum Gasteiger partial charge on any atom is -0.384 e. The maximum atomic E-state index is 5.83. The van der Waals surface area contributed by atoms with Crippen LogP contribution in [0.1, 0.15) is 6.42 Å². The molecule has 18 heavy (non-hydrogen) atoms. The number of hydrogen-bond acceptors (Lipinski definition) is 5. The van der Waals surface area contributed by atoms with Crippen LogP contribution in [0, 0.1) is 11.8 Å². The first-order valence-electron chi connectivity index (χ1n) is 6.92. The molecule has 5 heteroatoms. The van der Waals surface area contributed by atoms with Gasteiger partial charge in [0.1, 0.15) is 0 Å². The second-order valence-electron chi connectivity index (χ2n) is 5.45. The summed E-state index contributed by atoms with van der Waals surface area (Å²) in [6.45, 7) is 1.79. The minimum atomic E-state index is 0.466. The van der Waals surface area contributed by atoms with Crippen molar-refractivity contribution in [3.63, 3.8) is 0 Å². The van der Waals surface area contributed by atoms with E-state index < -0.39 is 0 Å². The molecule has 0 bridgehead atoms. The third-order valence-electron chi connectivity index (χ3n) is 4.33. The quantitative estimate of drug-likeness (QED) is 0.847. The van der Waals surface area contributed by atoms with Crippen LogP contribution in [-0.4, -0.2) is 61.5 Å². The Morgan fingerprint density at radius 3 is 2.78 bits per heavy atom. The minimum absolute atomic E-state index is 0.466. The zero-order chi connectivity index (χ0) is 12.4. The summed E-state index contributed by atoms with van der Waals surface area (Å²) in [4.78, 5) is 0. The van der Waals surface area contributed by atoms with Crippen LogP contribution in [0.5, 0.6) is 0 Å². The van der Waals surface area contributed by atoms with Gasteiger partial charge in [-0.25, -0.2) is 0 Å². The maximum Gasteiger partial charge on any atom is 0.0684 e. The molecule has 1 N–H and O–H groups in total. The Bertz CT molecular complexity index is 272. The van der Waals surface area contributed by atoms with Gasteiger partial charge in [0.25, 0.3) is 0 Å². The van der Waals surface area contributed by atoms with Crippen LogP contribution in [-0.2, 0) is 9.47 Å². The number of nitrogens with one attached hydrogen (secondary N) is 1. The number of hydrogen-bond donors (Lipinski definition) is 1. The van der Waals surface area contributed by atoms with Gasteiger partial charge in [0.2, 0.25) is 0 Å². The summed E-state index contributed by atoms with van der Waals surface area (Å²) in [7, 11) is 1.80. The van der Waals surface area contributed by atoms with Crippen LogP contribution in [0.4, 0.5) is 0 Å². The summed E-state index contributed by atoms with van der Waals surface area (Å²) >= 11 is 4.19. The highest BCUT2D eigenvalue weighted by Crippen LogP contribution is 2.44. The van der Waals surface area contributed by atoms with Crippen molar-refractivity contribution in [1.29, 1.82) is 0 Å². The number of fused-ring (bicyclic) bond motifs is 1. The van der Waals surface area contributed by atoms with Crippen molar-refractivity contribution in [2.45, 2.75) is 24.6 Å². The van der Waals surface area contributed by atoms with Crippen molar-refractivity contribution in [3.8, 4) is 0 Å². The Labute approximate surface area is 118 Å². The van der Waals surface area contributed by atoms with Gasteiger partial charge in [0.15, 0.2) is 0 Å². The largest absolute Gasteiger partial charge is 0.384 e. The van der Waals surface area contributed by atoms with Gasteiger partial charge < -0.3 is 14.8 Å². The summed E-state index contributed by atoms with van der Waals surface area (Å²) in [6.07, 6.45) is 1.70. The standard InChI is InChI=1S/C13H23NO2S2/c1-15-6-11-12(10-2-3-16-13(10)11)14-9-7-17-4-5-18-8-9/h9-14H,2-8H2,1H3/t10-,11+,12-,13-/m0/s1. The van der Waals surface area contributed by atoms with E-state index >= 15 is 0 Å². The summed E-state index contributed by atoms with van der Waals surface area (Å²) in [5.41, 5.74) is 0. The SMILES string of the molecule is COC[C@@H]1[C@@H](NC2CSCCSC2)[C@@H]2CCO[C@H]12. The molecular formula is C13H23NO2S2. The highest BCUT2D eigenvalue weighted by molar-refractivity contribution is 8.03. The lowest BCUT2D eigenvalue weighted by atomic mass is 9.67. The second kappa shape index (κ2) is 6.35. The van der Waals surface area contributed by atoms with E-state index in [1.807, 2.05) is 0 Å². The zero-order valence-corrected chi connectivity index (χ0v) is 12.6. The molecule has 3 aliphatic rings. The third-order valence-corrected chi connectivity index (χ3v) is 6.85. The lowest BCUT2D eigenvalue weighted by molar-refractivity contribution is -0.0856. The Kier molecular flexibility index (Phi) is 4.79. The third kappa shape index (κ3) is 2.70. The first-order valence-corrected chi connectivity index (χ1v) is 9.23. The molecule has 0 aromatic carbocycles. The molecule has 1 saturated carbocycles. The van der Waals surface area contributed by atoms with Crippen LogP contribution in [0.15, 0.2) is 0 Å². The van der Waals surface area contributed by atoms with Crippen molar-refractivity contribution in [1.82, 2.24) is 5.32 Å². The average molecular weight is 289 g/mol. The Morgan fingerprint density at radius 2 is 2.06 bits per heavy atom. The van der Waals surface area contributed by atoms with Crippen molar-refractivity contribution in [3.05, 3.63) is 0 Å². The van der Waals surface area contributed by atoms with Gasteiger partial charge in [-0.05, 0) is 6.42 Å². The predicted octanol–water partition coefficient (Wildman–Crippen LogP) is 1.47.